The number of carbonyl (C=O) groups excluding carboxylic acids is 2. The normalized spacial score (nSPS) is 21.5. The molecule has 36 heavy (non-hydrogen) atoms. The van der Waals surface area contributed by atoms with Gasteiger partial charge in [0.1, 0.15) is 18.8 Å². The highest BCUT2D eigenvalue weighted by Gasteiger charge is 2.59. The first-order valence-electron chi connectivity index (χ1n) is 12.9. The maximum atomic E-state index is 14.0. The number of benzene rings is 2. The maximum Gasteiger partial charge on any atom is 0.328 e. The van der Waals surface area contributed by atoms with Gasteiger partial charge in [0, 0.05) is 39.3 Å². The van der Waals surface area contributed by atoms with Crippen LogP contribution in [0.25, 0.3) is 0 Å². The quantitative estimate of drug-likeness (QED) is 0.579. The summed E-state index contributed by atoms with van der Waals surface area (Å²) in [5.41, 5.74) is 2.85. The number of urea groups is 1. The summed E-state index contributed by atoms with van der Waals surface area (Å²) in [4.78, 5) is 33.4. The lowest BCUT2D eigenvalue weighted by molar-refractivity contribution is -0.137. The summed E-state index contributed by atoms with van der Waals surface area (Å²) in [6, 6.07) is 14.1. The molecule has 3 heterocycles. The Hall–Kier alpha value is -3.10. The van der Waals surface area contributed by atoms with Crippen LogP contribution in [0.5, 0.6) is 11.5 Å². The average Bonchev–Trinajstić information content (AvgIpc) is 3.41. The number of carbonyl (C=O) groups is 2. The van der Waals surface area contributed by atoms with E-state index in [1.807, 2.05) is 29.2 Å². The molecule has 0 unspecified atom stereocenters. The number of likely N-dealkylation sites (tertiary alicyclic amines) is 1. The first kappa shape index (κ1) is 23.3. The SMILES string of the molecule is COCCN1C(=O)N(C2Cc3ccccc3C2)C(=O)C12CCN(Cc1ccc3c(c1)OCCO3)CC2. The van der Waals surface area contributed by atoms with E-state index in [9.17, 15) is 9.59 Å². The molecule has 1 aliphatic carbocycles. The highest BCUT2D eigenvalue weighted by Crippen LogP contribution is 2.41. The largest absolute Gasteiger partial charge is 0.486 e. The summed E-state index contributed by atoms with van der Waals surface area (Å²) >= 11 is 0. The van der Waals surface area contributed by atoms with Crippen molar-refractivity contribution in [2.75, 3.05) is 46.6 Å². The molecule has 0 radical (unpaired) electrons. The second kappa shape index (κ2) is 9.41. The molecule has 4 aliphatic rings. The van der Waals surface area contributed by atoms with Crippen LogP contribution < -0.4 is 9.47 Å². The summed E-state index contributed by atoms with van der Waals surface area (Å²) in [6.07, 6.45) is 2.72. The van der Waals surface area contributed by atoms with E-state index in [2.05, 4.69) is 23.1 Å². The summed E-state index contributed by atoms with van der Waals surface area (Å²) < 4.78 is 16.7. The van der Waals surface area contributed by atoms with Gasteiger partial charge in [-0.25, -0.2) is 4.79 Å². The van der Waals surface area contributed by atoms with Crippen LogP contribution in [0.1, 0.15) is 29.5 Å². The molecule has 2 aromatic carbocycles. The van der Waals surface area contributed by atoms with E-state index in [0.29, 0.717) is 39.2 Å². The van der Waals surface area contributed by atoms with E-state index >= 15 is 0 Å². The molecule has 0 atom stereocenters. The van der Waals surface area contributed by atoms with E-state index in [0.717, 1.165) is 49.5 Å². The standard InChI is InChI=1S/C28H33N3O5/c1-34-13-12-30-27(33)31(23-17-21-4-2-3-5-22(21)18-23)26(32)28(30)8-10-29(11-9-28)19-20-6-7-24-25(16-20)36-15-14-35-24/h2-7,16,23H,8-15,17-19H2,1H3. The topological polar surface area (TPSA) is 71.6 Å². The number of ether oxygens (including phenoxy) is 3. The van der Waals surface area contributed by atoms with Gasteiger partial charge in [-0.2, -0.15) is 0 Å². The van der Waals surface area contributed by atoms with Gasteiger partial charge in [-0.15, -0.1) is 0 Å². The van der Waals surface area contributed by atoms with Crippen LogP contribution in [0.4, 0.5) is 4.79 Å². The smallest absolute Gasteiger partial charge is 0.328 e. The van der Waals surface area contributed by atoms with E-state index < -0.39 is 5.54 Å². The molecular formula is C28H33N3O5. The van der Waals surface area contributed by atoms with Crippen molar-refractivity contribution in [3.05, 3.63) is 59.2 Å². The fourth-order valence-corrected chi connectivity index (χ4v) is 6.28. The number of imide groups is 1. The first-order valence-corrected chi connectivity index (χ1v) is 12.9. The van der Waals surface area contributed by atoms with Gasteiger partial charge < -0.3 is 19.1 Å². The minimum Gasteiger partial charge on any atom is -0.486 e. The molecule has 0 N–H and O–H groups in total. The monoisotopic (exact) mass is 491 g/mol. The molecule has 0 bridgehead atoms. The van der Waals surface area contributed by atoms with Gasteiger partial charge >= 0.3 is 6.03 Å². The van der Waals surface area contributed by atoms with Crippen molar-refractivity contribution in [2.24, 2.45) is 0 Å². The van der Waals surface area contributed by atoms with Crippen molar-refractivity contribution in [1.29, 1.82) is 0 Å². The van der Waals surface area contributed by atoms with Crippen LogP contribution in [0.2, 0.25) is 0 Å². The van der Waals surface area contributed by atoms with Gasteiger partial charge in [-0.3, -0.25) is 14.6 Å². The number of nitrogens with zero attached hydrogens (tertiary/aromatic N) is 3. The second-order valence-electron chi connectivity index (χ2n) is 10.2. The van der Waals surface area contributed by atoms with E-state index in [1.165, 1.54) is 11.1 Å². The number of fused-ring (bicyclic) bond motifs is 2. The number of piperidine rings is 1. The summed E-state index contributed by atoms with van der Waals surface area (Å²) in [7, 11) is 1.64. The fourth-order valence-electron chi connectivity index (χ4n) is 6.28. The first-order chi connectivity index (χ1) is 17.6. The minimum atomic E-state index is -0.784. The Morgan fingerprint density at radius 3 is 2.36 bits per heavy atom. The highest BCUT2D eigenvalue weighted by atomic mass is 16.6. The highest BCUT2D eigenvalue weighted by molar-refractivity contribution is 6.07. The molecule has 3 aliphatic heterocycles. The maximum absolute atomic E-state index is 14.0. The molecule has 2 aromatic rings. The third kappa shape index (κ3) is 3.92. The lowest BCUT2D eigenvalue weighted by Crippen LogP contribution is -2.57. The zero-order valence-corrected chi connectivity index (χ0v) is 20.8. The third-order valence-electron chi connectivity index (χ3n) is 8.18. The van der Waals surface area contributed by atoms with Crippen LogP contribution in [-0.4, -0.2) is 84.8 Å². The van der Waals surface area contributed by atoms with Gasteiger partial charge in [-0.1, -0.05) is 30.3 Å². The van der Waals surface area contributed by atoms with Gasteiger partial charge in [-0.05, 0) is 54.5 Å². The lowest BCUT2D eigenvalue weighted by Gasteiger charge is -2.42. The minimum absolute atomic E-state index is 0.0274. The van der Waals surface area contributed by atoms with Crippen molar-refractivity contribution >= 4 is 11.9 Å². The Balaban J connectivity index is 1.18. The molecule has 8 nitrogen and oxygen atoms in total. The van der Waals surface area contributed by atoms with Crippen molar-refractivity contribution in [3.63, 3.8) is 0 Å². The fraction of sp³-hybridized carbons (Fsp3) is 0.500. The molecule has 2 saturated heterocycles. The Morgan fingerprint density at radius 2 is 1.67 bits per heavy atom. The van der Waals surface area contributed by atoms with Crippen molar-refractivity contribution in [3.8, 4) is 11.5 Å². The predicted molar refractivity (Wildman–Crippen MR) is 133 cm³/mol. The lowest BCUT2D eigenvalue weighted by atomic mass is 9.85. The average molecular weight is 492 g/mol. The van der Waals surface area contributed by atoms with Gasteiger partial charge in [0.15, 0.2) is 11.5 Å². The van der Waals surface area contributed by atoms with Gasteiger partial charge in [0.05, 0.1) is 6.61 Å². The van der Waals surface area contributed by atoms with Crippen LogP contribution in [0.3, 0.4) is 0 Å². The number of methoxy groups -OCH3 is 1. The number of amides is 3. The van der Waals surface area contributed by atoms with Crippen LogP contribution in [0, 0.1) is 0 Å². The number of hydrogen-bond donors (Lipinski definition) is 0. The van der Waals surface area contributed by atoms with Gasteiger partial charge in [0.2, 0.25) is 0 Å². The van der Waals surface area contributed by atoms with E-state index in [-0.39, 0.29) is 18.0 Å². The van der Waals surface area contributed by atoms with Crippen LogP contribution >= 0.6 is 0 Å². The Morgan fingerprint density at radius 1 is 0.972 bits per heavy atom. The third-order valence-corrected chi connectivity index (χ3v) is 8.18. The van der Waals surface area contributed by atoms with E-state index in [4.69, 9.17) is 14.2 Å². The zero-order chi connectivity index (χ0) is 24.7. The molecule has 0 saturated carbocycles. The zero-order valence-electron chi connectivity index (χ0n) is 20.8. The molecule has 3 amide bonds. The van der Waals surface area contributed by atoms with E-state index in [1.54, 1.807) is 12.0 Å². The molecule has 2 fully saturated rings. The van der Waals surface area contributed by atoms with Crippen LogP contribution in [-0.2, 0) is 28.9 Å². The van der Waals surface area contributed by atoms with Gasteiger partial charge in [0.25, 0.3) is 5.91 Å². The number of hydrogen-bond acceptors (Lipinski definition) is 6. The molecule has 6 rings (SSSR count). The van der Waals surface area contributed by atoms with Crippen molar-refractivity contribution < 1.29 is 23.8 Å². The Bertz CT molecular complexity index is 1130. The molecule has 190 valence electrons. The summed E-state index contributed by atoms with van der Waals surface area (Å²) in [5, 5.41) is 0. The summed E-state index contributed by atoms with van der Waals surface area (Å²) in [6.45, 7) is 4.26. The predicted octanol–water partition coefficient (Wildman–Crippen LogP) is 2.87. The van der Waals surface area contributed by atoms with Crippen LogP contribution in [0.15, 0.2) is 42.5 Å². The Labute approximate surface area is 211 Å². The molecule has 1 spiro atoms. The molecule has 0 aromatic heterocycles. The van der Waals surface area contributed by atoms with Crippen molar-refractivity contribution in [1.82, 2.24) is 14.7 Å². The number of rotatable bonds is 6. The Kier molecular flexibility index (Phi) is 6.09. The van der Waals surface area contributed by atoms with Crippen molar-refractivity contribution in [2.45, 2.75) is 43.8 Å². The molecule has 8 heteroatoms. The summed E-state index contributed by atoms with van der Waals surface area (Å²) in [5.74, 6) is 1.56. The second-order valence-corrected chi connectivity index (χ2v) is 10.2. The molecular weight excluding hydrogens is 458 g/mol.